The maximum absolute atomic E-state index is 5.42. The van der Waals surface area contributed by atoms with Crippen LogP contribution in [-0.4, -0.2) is 41.2 Å². The summed E-state index contributed by atoms with van der Waals surface area (Å²) >= 11 is 0. The van der Waals surface area contributed by atoms with E-state index in [1.54, 1.807) is 0 Å². The fraction of sp³-hybridized carbons (Fsp3) is 0.500. The van der Waals surface area contributed by atoms with E-state index in [1.807, 2.05) is 25.2 Å². The first-order valence-corrected chi connectivity index (χ1v) is 7.54. The molecule has 0 radical (unpaired) electrons. The number of piperidine rings is 1. The first-order valence-electron chi connectivity index (χ1n) is 7.54. The summed E-state index contributed by atoms with van der Waals surface area (Å²) in [5.74, 6) is 1.38. The van der Waals surface area contributed by atoms with E-state index in [4.69, 9.17) is 4.52 Å². The number of hydrogen-bond acceptors (Lipinski definition) is 5. The summed E-state index contributed by atoms with van der Waals surface area (Å²) in [6.45, 7) is 4.96. The van der Waals surface area contributed by atoms with Crippen molar-refractivity contribution in [2.45, 2.75) is 32.4 Å². The zero-order valence-electron chi connectivity index (χ0n) is 13.1. The first kappa shape index (κ1) is 16.9. The molecule has 1 atom stereocenters. The molecule has 120 valence electrons. The molecule has 0 aliphatic carbocycles. The summed E-state index contributed by atoms with van der Waals surface area (Å²) < 4.78 is 5.42. The van der Waals surface area contributed by atoms with Crippen molar-refractivity contribution in [2.24, 2.45) is 0 Å². The molecule has 6 heteroatoms. The van der Waals surface area contributed by atoms with E-state index in [9.17, 15) is 0 Å². The standard InChI is InChI=1S/C16H22N4O.ClH/c1-12-6-3-4-8-14(12)16-18-15(19-21-16)11-20-9-5-7-13(10-20)17-2;/h3-4,6,8,13,17H,5,7,9-11H2,1-2H3;1H. The lowest BCUT2D eigenvalue weighted by atomic mass is 10.1. The van der Waals surface area contributed by atoms with Crippen LogP contribution in [0.5, 0.6) is 0 Å². The fourth-order valence-electron chi connectivity index (χ4n) is 2.88. The second kappa shape index (κ2) is 7.72. The monoisotopic (exact) mass is 322 g/mol. The van der Waals surface area contributed by atoms with Crippen molar-refractivity contribution in [1.82, 2.24) is 20.4 Å². The van der Waals surface area contributed by atoms with Crippen LogP contribution >= 0.6 is 12.4 Å². The molecule has 1 aliphatic heterocycles. The van der Waals surface area contributed by atoms with Gasteiger partial charge in [0.2, 0.25) is 0 Å². The number of aryl methyl sites for hydroxylation is 1. The minimum atomic E-state index is 0. The second-order valence-corrected chi connectivity index (χ2v) is 5.69. The topological polar surface area (TPSA) is 54.2 Å². The van der Waals surface area contributed by atoms with E-state index >= 15 is 0 Å². The molecule has 1 unspecified atom stereocenters. The van der Waals surface area contributed by atoms with Crippen LogP contribution in [0, 0.1) is 6.92 Å². The van der Waals surface area contributed by atoms with Gasteiger partial charge >= 0.3 is 0 Å². The summed E-state index contributed by atoms with van der Waals surface area (Å²) in [6, 6.07) is 8.66. The molecular formula is C16H23ClN4O. The third-order valence-corrected chi connectivity index (χ3v) is 4.12. The van der Waals surface area contributed by atoms with Crippen LogP contribution in [0.3, 0.4) is 0 Å². The highest BCUT2D eigenvalue weighted by molar-refractivity contribution is 5.85. The number of nitrogens with zero attached hydrogens (tertiary/aromatic N) is 3. The van der Waals surface area contributed by atoms with Crippen molar-refractivity contribution in [1.29, 1.82) is 0 Å². The largest absolute Gasteiger partial charge is 0.334 e. The number of likely N-dealkylation sites (N-methyl/N-ethyl adjacent to an activating group) is 1. The van der Waals surface area contributed by atoms with E-state index in [-0.39, 0.29) is 12.4 Å². The van der Waals surface area contributed by atoms with Gasteiger partial charge in [-0.25, -0.2) is 0 Å². The summed E-state index contributed by atoms with van der Waals surface area (Å²) in [6.07, 6.45) is 2.46. The molecule has 0 spiro atoms. The van der Waals surface area contributed by atoms with Crippen LogP contribution in [-0.2, 0) is 6.54 Å². The lowest BCUT2D eigenvalue weighted by Gasteiger charge is -2.31. The summed E-state index contributed by atoms with van der Waals surface area (Å²) in [5.41, 5.74) is 2.17. The Bertz CT molecular complexity index is 601. The molecule has 1 aromatic heterocycles. The Morgan fingerprint density at radius 3 is 2.95 bits per heavy atom. The van der Waals surface area contributed by atoms with Crippen molar-refractivity contribution >= 4 is 12.4 Å². The van der Waals surface area contributed by atoms with E-state index in [1.165, 1.54) is 12.8 Å². The molecule has 2 aromatic rings. The zero-order chi connectivity index (χ0) is 14.7. The Morgan fingerprint density at radius 1 is 1.36 bits per heavy atom. The molecule has 1 saturated heterocycles. The number of hydrogen-bond donors (Lipinski definition) is 1. The van der Waals surface area contributed by atoms with E-state index in [0.717, 1.165) is 36.6 Å². The van der Waals surface area contributed by atoms with Gasteiger partial charge in [0.05, 0.1) is 6.54 Å². The van der Waals surface area contributed by atoms with Gasteiger partial charge in [-0.05, 0) is 45.0 Å². The third-order valence-electron chi connectivity index (χ3n) is 4.12. The van der Waals surface area contributed by atoms with Crippen LogP contribution in [0.15, 0.2) is 28.8 Å². The number of aromatic nitrogens is 2. The molecule has 1 N–H and O–H groups in total. The number of benzene rings is 1. The molecule has 2 heterocycles. The van der Waals surface area contributed by atoms with Crippen molar-refractivity contribution < 1.29 is 4.52 Å². The molecule has 22 heavy (non-hydrogen) atoms. The molecule has 1 aliphatic rings. The predicted octanol–water partition coefficient (Wildman–Crippen LogP) is 2.65. The number of rotatable bonds is 4. The smallest absolute Gasteiger partial charge is 0.258 e. The predicted molar refractivity (Wildman–Crippen MR) is 89.1 cm³/mol. The van der Waals surface area contributed by atoms with Gasteiger partial charge in [0.15, 0.2) is 5.82 Å². The lowest BCUT2D eigenvalue weighted by molar-refractivity contribution is 0.182. The Balaban J connectivity index is 0.00000176. The van der Waals surface area contributed by atoms with Gasteiger partial charge < -0.3 is 9.84 Å². The van der Waals surface area contributed by atoms with E-state index in [2.05, 4.69) is 33.3 Å². The van der Waals surface area contributed by atoms with E-state index < -0.39 is 0 Å². The summed E-state index contributed by atoms with van der Waals surface area (Å²) in [4.78, 5) is 6.93. The minimum absolute atomic E-state index is 0. The lowest BCUT2D eigenvalue weighted by Crippen LogP contribution is -2.44. The number of halogens is 1. The number of nitrogens with one attached hydrogen (secondary N) is 1. The van der Waals surface area contributed by atoms with Crippen LogP contribution in [0.1, 0.15) is 24.2 Å². The Labute approximate surface area is 137 Å². The average Bonchev–Trinajstić information content (AvgIpc) is 2.96. The minimum Gasteiger partial charge on any atom is -0.334 e. The van der Waals surface area contributed by atoms with Crippen LogP contribution < -0.4 is 5.32 Å². The molecule has 0 amide bonds. The number of likely N-dealkylation sites (tertiary alicyclic amines) is 1. The highest BCUT2D eigenvalue weighted by atomic mass is 35.5. The van der Waals surface area contributed by atoms with Crippen molar-refractivity contribution in [2.75, 3.05) is 20.1 Å². The molecule has 3 rings (SSSR count). The van der Waals surface area contributed by atoms with Crippen molar-refractivity contribution in [3.05, 3.63) is 35.7 Å². The molecule has 0 saturated carbocycles. The Morgan fingerprint density at radius 2 is 2.18 bits per heavy atom. The summed E-state index contributed by atoms with van der Waals surface area (Å²) in [7, 11) is 2.03. The van der Waals surface area contributed by atoms with Gasteiger partial charge in [-0.1, -0.05) is 23.4 Å². The van der Waals surface area contributed by atoms with Crippen LogP contribution in [0.4, 0.5) is 0 Å². The summed E-state index contributed by atoms with van der Waals surface area (Å²) in [5, 5.41) is 7.48. The second-order valence-electron chi connectivity index (χ2n) is 5.69. The van der Waals surface area contributed by atoms with Gasteiger partial charge in [-0.2, -0.15) is 4.98 Å². The molecule has 1 fully saturated rings. The highest BCUT2D eigenvalue weighted by Gasteiger charge is 2.20. The molecule has 0 bridgehead atoms. The Kier molecular flexibility index (Phi) is 5.94. The Hall–Kier alpha value is -1.43. The average molecular weight is 323 g/mol. The van der Waals surface area contributed by atoms with Gasteiger partial charge in [-0.3, -0.25) is 4.90 Å². The molecule has 5 nitrogen and oxygen atoms in total. The van der Waals surface area contributed by atoms with Crippen LogP contribution in [0.2, 0.25) is 0 Å². The van der Waals surface area contributed by atoms with Crippen LogP contribution in [0.25, 0.3) is 11.5 Å². The molecule has 1 aromatic carbocycles. The fourth-order valence-corrected chi connectivity index (χ4v) is 2.88. The maximum Gasteiger partial charge on any atom is 0.258 e. The van der Waals surface area contributed by atoms with Gasteiger partial charge in [0, 0.05) is 18.2 Å². The highest BCUT2D eigenvalue weighted by Crippen LogP contribution is 2.21. The van der Waals surface area contributed by atoms with Gasteiger partial charge in [0.1, 0.15) is 0 Å². The normalized spacial score (nSPS) is 18.9. The maximum atomic E-state index is 5.42. The molecular weight excluding hydrogens is 300 g/mol. The van der Waals surface area contributed by atoms with Gasteiger partial charge in [-0.15, -0.1) is 12.4 Å². The third kappa shape index (κ3) is 3.85. The quantitative estimate of drug-likeness (QED) is 0.938. The van der Waals surface area contributed by atoms with Gasteiger partial charge in [0.25, 0.3) is 5.89 Å². The van der Waals surface area contributed by atoms with Crippen molar-refractivity contribution in [3.8, 4) is 11.5 Å². The van der Waals surface area contributed by atoms with E-state index in [0.29, 0.717) is 11.9 Å². The zero-order valence-corrected chi connectivity index (χ0v) is 13.9. The van der Waals surface area contributed by atoms with Crippen molar-refractivity contribution in [3.63, 3.8) is 0 Å². The first-order chi connectivity index (χ1) is 10.3. The SMILES string of the molecule is CNC1CCCN(Cc2noc(-c3ccccc3C)n2)C1.Cl.